The molecule has 0 aromatic carbocycles. The van der Waals surface area contributed by atoms with E-state index in [0.717, 1.165) is 0 Å². The molecular formula is C6H9BrClN3. The summed E-state index contributed by atoms with van der Waals surface area (Å²) in [6, 6.07) is 0. The molecule has 0 atom stereocenters. The molecule has 0 fully saturated rings. The van der Waals surface area contributed by atoms with E-state index in [-0.39, 0.29) is 5.28 Å². The van der Waals surface area contributed by atoms with Gasteiger partial charge in [0.05, 0.1) is 4.47 Å². The Balaban J connectivity index is 0.000000461. The highest BCUT2D eigenvalue weighted by molar-refractivity contribution is 9.10. The maximum absolute atomic E-state index is 5.39. The smallest absolute Gasteiger partial charge is 0.224 e. The van der Waals surface area contributed by atoms with Gasteiger partial charge in [-0.05, 0) is 27.5 Å². The van der Waals surface area contributed by atoms with Gasteiger partial charge >= 0.3 is 0 Å². The fourth-order valence-electron chi connectivity index (χ4n) is 0.358. The molecule has 0 aliphatic heterocycles. The largest absolute Gasteiger partial charge is 0.383 e. The van der Waals surface area contributed by atoms with Gasteiger partial charge in [0.2, 0.25) is 5.28 Å². The summed E-state index contributed by atoms with van der Waals surface area (Å²) in [5, 5.41) is 0.163. The van der Waals surface area contributed by atoms with Gasteiger partial charge in [-0.15, -0.1) is 0 Å². The number of hydrogen-bond acceptors (Lipinski definition) is 3. The minimum absolute atomic E-state index is 0.163. The predicted molar refractivity (Wildman–Crippen MR) is 50.5 cm³/mol. The minimum atomic E-state index is 0.163. The molecule has 2 N–H and O–H groups in total. The van der Waals surface area contributed by atoms with Crippen LogP contribution in [0.1, 0.15) is 13.8 Å². The van der Waals surface area contributed by atoms with Gasteiger partial charge in [0.15, 0.2) is 0 Å². The third-order valence-electron chi connectivity index (χ3n) is 0.742. The first-order chi connectivity index (χ1) is 5.20. The summed E-state index contributed by atoms with van der Waals surface area (Å²) < 4.78 is 0.659. The summed E-state index contributed by atoms with van der Waals surface area (Å²) in [5.74, 6) is 0.356. The van der Waals surface area contributed by atoms with E-state index in [1.807, 2.05) is 13.8 Å². The number of nitrogens with two attached hydrogens (primary N) is 1. The van der Waals surface area contributed by atoms with Crippen LogP contribution in [0.15, 0.2) is 10.7 Å². The maximum atomic E-state index is 5.39. The Morgan fingerprint density at radius 2 is 2.09 bits per heavy atom. The molecule has 0 spiro atoms. The van der Waals surface area contributed by atoms with E-state index in [2.05, 4.69) is 25.9 Å². The number of rotatable bonds is 0. The topological polar surface area (TPSA) is 51.8 Å². The van der Waals surface area contributed by atoms with Gasteiger partial charge in [-0.3, -0.25) is 0 Å². The normalized spacial score (nSPS) is 8.36. The second-order valence-electron chi connectivity index (χ2n) is 1.37. The molecule has 1 rings (SSSR count). The lowest BCUT2D eigenvalue weighted by Gasteiger charge is -1.93. The van der Waals surface area contributed by atoms with Gasteiger partial charge in [0, 0.05) is 6.20 Å². The predicted octanol–water partition coefficient (Wildman–Crippen LogP) is 2.50. The van der Waals surface area contributed by atoms with E-state index in [9.17, 15) is 0 Å². The summed E-state index contributed by atoms with van der Waals surface area (Å²) in [5.41, 5.74) is 5.34. The van der Waals surface area contributed by atoms with Crippen LogP contribution in [-0.4, -0.2) is 9.97 Å². The first-order valence-electron chi connectivity index (χ1n) is 3.13. The molecule has 0 bridgehead atoms. The van der Waals surface area contributed by atoms with Crippen LogP contribution in [0.3, 0.4) is 0 Å². The molecule has 0 radical (unpaired) electrons. The van der Waals surface area contributed by atoms with Crippen LogP contribution in [0, 0.1) is 0 Å². The highest BCUT2D eigenvalue weighted by atomic mass is 79.9. The number of halogens is 2. The molecule has 62 valence electrons. The molecule has 11 heavy (non-hydrogen) atoms. The molecular weight excluding hydrogens is 229 g/mol. The average molecular weight is 239 g/mol. The van der Waals surface area contributed by atoms with E-state index in [0.29, 0.717) is 10.3 Å². The van der Waals surface area contributed by atoms with Crippen molar-refractivity contribution in [1.29, 1.82) is 0 Å². The summed E-state index contributed by atoms with van der Waals surface area (Å²) in [6.45, 7) is 4.00. The molecule has 1 aromatic rings. The molecule has 0 aliphatic rings. The van der Waals surface area contributed by atoms with Crippen LogP contribution in [0.5, 0.6) is 0 Å². The third-order valence-corrected chi connectivity index (χ3v) is 1.53. The van der Waals surface area contributed by atoms with Crippen LogP contribution in [0.4, 0.5) is 5.82 Å². The lowest BCUT2D eigenvalue weighted by Crippen LogP contribution is -1.92. The molecule has 0 saturated carbocycles. The molecule has 1 heterocycles. The third kappa shape index (κ3) is 3.53. The summed E-state index contributed by atoms with van der Waals surface area (Å²) in [6.07, 6.45) is 1.50. The van der Waals surface area contributed by atoms with Crippen LogP contribution in [0.2, 0.25) is 5.28 Å². The monoisotopic (exact) mass is 237 g/mol. The summed E-state index contributed by atoms with van der Waals surface area (Å²) in [4.78, 5) is 7.33. The van der Waals surface area contributed by atoms with Crippen LogP contribution < -0.4 is 5.73 Å². The Kier molecular flexibility index (Phi) is 5.15. The van der Waals surface area contributed by atoms with E-state index in [1.165, 1.54) is 6.20 Å². The standard InChI is InChI=1S/C4H3BrClN3.C2H6/c5-2-1-8-4(6)9-3(2)7;1-2/h1H,(H2,7,8,9);1-2H3. The van der Waals surface area contributed by atoms with Crippen LogP contribution >= 0.6 is 27.5 Å². The van der Waals surface area contributed by atoms with Crippen molar-refractivity contribution in [1.82, 2.24) is 9.97 Å². The second-order valence-corrected chi connectivity index (χ2v) is 2.56. The Hall–Kier alpha value is -0.350. The first kappa shape index (κ1) is 10.7. The lowest BCUT2D eigenvalue weighted by atomic mass is 10.6. The van der Waals surface area contributed by atoms with Crippen molar-refractivity contribution in [3.63, 3.8) is 0 Å². The number of aromatic nitrogens is 2. The van der Waals surface area contributed by atoms with Gasteiger partial charge in [0.1, 0.15) is 5.82 Å². The number of nitrogens with zero attached hydrogens (tertiary/aromatic N) is 2. The maximum Gasteiger partial charge on any atom is 0.224 e. The number of anilines is 1. The average Bonchev–Trinajstić information content (AvgIpc) is 2.02. The molecule has 0 unspecified atom stereocenters. The fourth-order valence-corrected chi connectivity index (χ4v) is 0.689. The zero-order valence-electron chi connectivity index (χ0n) is 6.31. The summed E-state index contributed by atoms with van der Waals surface area (Å²) >= 11 is 8.51. The SMILES string of the molecule is CC.Nc1nc(Cl)ncc1Br. The van der Waals surface area contributed by atoms with Gasteiger partial charge < -0.3 is 5.73 Å². The van der Waals surface area contributed by atoms with Crippen molar-refractivity contribution in [2.45, 2.75) is 13.8 Å². The van der Waals surface area contributed by atoms with Crippen molar-refractivity contribution < 1.29 is 0 Å². The van der Waals surface area contributed by atoms with Gasteiger partial charge in [0.25, 0.3) is 0 Å². The Morgan fingerprint density at radius 1 is 1.55 bits per heavy atom. The van der Waals surface area contributed by atoms with Gasteiger partial charge in [-0.25, -0.2) is 4.98 Å². The van der Waals surface area contributed by atoms with Crippen LogP contribution in [0.25, 0.3) is 0 Å². The van der Waals surface area contributed by atoms with Crippen LogP contribution in [-0.2, 0) is 0 Å². The molecule has 3 nitrogen and oxygen atoms in total. The molecule has 5 heteroatoms. The van der Waals surface area contributed by atoms with E-state index in [4.69, 9.17) is 17.3 Å². The van der Waals surface area contributed by atoms with Crippen molar-refractivity contribution in [2.24, 2.45) is 0 Å². The zero-order valence-corrected chi connectivity index (χ0v) is 8.65. The molecule has 0 amide bonds. The Bertz CT molecular complexity index is 229. The quantitative estimate of drug-likeness (QED) is 0.707. The fraction of sp³-hybridized carbons (Fsp3) is 0.333. The van der Waals surface area contributed by atoms with Crippen molar-refractivity contribution in [2.75, 3.05) is 5.73 Å². The van der Waals surface area contributed by atoms with E-state index >= 15 is 0 Å². The van der Waals surface area contributed by atoms with Crippen molar-refractivity contribution in [3.05, 3.63) is 16.0 Å². The molecule has 0 aliphatic carbocycles. The highest BCUT2D eigenvalue weighted by Gasteiger charge is 1.96. The number of nitrogen functional groups attached to an aromatic ring is 1. The Morgan fingerprint density at radius 3 is 2.45 bits per heavy atom. The summed E-state index contributed by atoms with van der Waals surface area (Å²) in [7, 11) is 0. The van der Waals surface area contributed by atoms with E-state index in [1.54, 1.807) is 0 Å². The minimum Gasteiger partial charge on any atom is -0.383 e. The molecule has 1 aromatic heterocycles. The van der Waals surface area contributed by atoms with Gasteiger partial charge in [-0.2, -0.15) is 4.98 Å². The Labute approximate surface area is 79.1 Å². The van der Waals surface area contributed by atoms with Crippen molar-refractivity contribution >= 4 is 33.3 Å². The van der Waals surface area contributed by atoms with E-state index < -0.39 is 0 Å². The first-order valence-corrected chi connectivity index (χ1v) is 4.31. The number of hydrogen-bond donors (Lipinski definition) is 1. The van der Waals surface area contributed by atoms with Gasteiger partial charge in [-0.1, -0.05) is 13.8 Å². The molecule has 0 saturated heterocycles. The zero-order chi connectivity index (χ0) is 8.85. The van der Waals surface area contributed by atoms with Crippen molar-refractivity contribution in [3.8, 4) is 0 Å². The lowest BCUT2D eigenvalue weighted by molar-refractivity contribution is 1.16. The second kappa shape index (κ2) is 5.32. The highest BCUT2D eigenvalue weighted by Crippen LogP contribution is 2.15.